The van der Waals surface area contributed by atoms with Crippen molar-refractivity contribution in [3.63, 3.8) is 0 Å². The van der Waals surface area contributed by atoms with E-state index in [1.807, 2.05) is 38.1 Å². The van der Waals surface area contributed by atoms with Gasteiger partial charge in [0, 0.05) is 25.3 Å². The second-order valence-electron chi connectivity index (χ2n) is 7.94. The number of anilines is 1. The van der Waals surface area contributed by atoms with Crippen LogP contribution in [0, 0.1) is 5.92 Å². The highest BCUT2D eigenvalue weighted by atomic mass is 16.5. The highest BCUT2D eigenvalue weighted by molar-refractivity contribution is 6.01. The lowest BCUT2D eigenvalue weighted by molar-refractivity contribution is -0.131. The largest absolute Gasteiger partial charge is 0.375 e. The van der Waals surface area contributed by atoms with Gasteiger partial charge in [0.25, 0.3) is 0 Å². The minimum atomic E-state index is -0.637. The topological polar surface area (TPSA) is 97.0 Å². The van der Waals surface area contributed by atoms with Crippen molar-refractivity contribution in [2.24, 2.45) is 5.92 Å². The molecule has 2 aliphatic heterocycles. The molecule has 0 aliphatic carbocycles. The number of fused-ring (bicyclic) bond motifs is 1. The zero-order valence-corrected chi connectivity index (χ0v) is 17.1. The Kier molecular flexibility index (Phi) is 6.87. The zero-order valence-electron chi connectivity index (χ0n) is 17.1. The molecule has 3 rings (SSSR count). The lowest BCUT2D eigenvalue weighted by Crippen LogP contribution is -2.52. The maximum atomic E-state index is 13.4. The predicted molar refractivity (Wildman–Crippen MR) is 108 cm³/mol. The van der Waals surface area contributed by atoms with Gasteiger partial charge in [-0.15, -0.1) is 0 Å². The van der Waals surface area contributed by atoms with Gasteiger partial charge in [0.1, 0.15) is 19.3 Å². The van der Waals surface area contributed by atoms with Crippen LogP contribution in [-0.2, 0) is 23.9 Å². The summed E-state index contributed by atoms with van der Waals surface area (Å²) in [6.45, 7) is 4.80. The Labute approximate surface area is 170 Å². The molecule has 2 heterocycles. The molecule has 0 bridgehead atoms. The summed E-state index contributed by atoms with van der Waals surface area (Å²) in [5.41, 5.74) is 1.93. The molecule has 3 amide bonds. The smallest absolute Gasteiger partial charge is 0.249 e. The number of benzene rings is 1. The maximum Gasteiger partial charge on any atom is 0.249 e. The van der Waals surface area contributed by atoms with Crippen molar-refractivity contribution in [3.8, 4) is 0 Å². The van der Waals surface area contributed by atoms with E-state index >= 15 is 0 Å². The molecular weight excluding hydrogens is 374 g/mol. The Morgan fingerprint density at radius 2 is 2.10 bits per heavy atom. The summed E-state index contributed by atoms with van der Waals surface area (Å²) in [5.74, 6) is -0.541. The third kappa shape index (κ3) is 4.94. The van der Waals surface area contributed by atoms with Crippen LogP contribution < -0.4 is 15.5 Å². The Morgan fingerprint density at radius 3 is 2.79 bits per heavy atom. The highest BCUT2D eigenvalue weighted by Crippen LogP contribution is 2.39. The normalized spacial score (nSPS) is 22.2. The number of hydrogen-bond donors (Lipinski definition) is 2. The number of nitrogens with zero attached hydrogens (tertiary/aromatic N) is 1. The summed E-state index contributed by atoms with van der Waals surface area (Å²) < 4.78 is 10.2. The second kappa shape index (κ2) is 9.37. The van der Waals surface area contributed by atoms with Crippen LogP contribution in [-0.4, -0.2) is 63.3 Å². The molecule has 1 aromatic carbocycles. The molecule has 29 heavy (non-hydrogen) atoms. The predicted octanol–water partition coefficient (Wildman–Crippen LogP) is 0.809. The standard InChI is InChI=1S/C21H29N3O5/c1-13(2)20(23-18(25)11-28-3)21(27)24-9-14(16-6-4-5-7-17(16)24)8-15-10-29-12-19(26)22-15/h4-7,13-15,20H,8-12H2,1-3H3,(H,22,26)(H,23,25)/t14?,15?,20-/m0/s1. The van der Waals surface area contributed by atoms with E-state index in [1.54, 1.807) is 4.90 Å². The van der Waals surface area contributed by atoms with Crippen molar-refractivity contribution in [1.29, 1.82) is 0 Å². The summed E-state index contributed by atoms with van der Waals surface area (Å²) >= 11 is 0. The number of ether oxygens (including phenoxy) is 2. The van der Waals surface area contributed by atoms with Crippen LogP contribution in [0.1, 0.15) is 31.7 Å². The molecule has 0 aromatic heterocycles. The van der Waals surface area contributed by atoms with Gasteiger partial charge in [0.15, 0.2) is 0 Å². The molecule has 2 N–H and O–H groups in total. The van der Waals surface area contributed by atoms with Crippen LogP contribution in [0.5, 0.6) is 0 Å². The number of para-hydroxylation sites is 1. The van der Waals surface area contributed by atoms with E-state index in [0.29, 0.717) is 19.6 Å². The Hall–Kier alpha value is -2.45. The fraction of sp³-hybridized carbons (Fsp3) is 0.571. The van der Waals surface area contributed by atoms with Crippen molar-refractivity contribution < 1.29 is 23.9 Å². The first-order valence-electron chi connectivity index (χ1n) is 9.96. The van der Waals surface area contributed by atoms with E-state index in [0.717, 1.165) is 11.3 Å². The van der Waals surface area contributed by atoms with E-state index in [2.05, 4.69) is 10.6 Å². The summed E-state index contributed by atoms with van der Waals surface area (Å²) in [6, 6.07) is 7.09. The molecule has 1 fully saturated rings. The van der Waals surface area contributed by atoms with E-state index in [4.69, 9.17) is 9.47 Å². The first-order chi connectivity index (χ1) is 13.9. The SMILES string of the molecule is COCC(=O)N[C@H](C(=O)N1CC(CC2COCC(=O)N2)c2ccccc21)C(C)C. The third-order valence-electron chi connectivity index (χ3n) is 5.35. The van der Waals surface area contributed by atoms with Crippen LogP contribution >= 0.6 is 0 Å². The number of nitrogens with one attached hydrogen (secondary N) is 2. The molecular formula is C21H29N3O5. The fourth-order valence-corrected chi connectivity index (χ4v) is 4.01. The third-order valence-corrected chi connectivity index (χ3v) is 5.35. The number of carbonyl (C=O) groups excluding carboxylic acids is 3. The second-order valence-corrected chi connectivity index (χ2v) is 7.94. The Balaban J connectivity index is 1.77. The lowest BCUT2D eigenvalue weighted by Gasteiger charge is -2.28. The van der Waals surface area contributed by atoms with Gasteiger partial charge in [0.2, 0.25) is 17.7 Å². The summed E-state index contributed by atoms with van der Waals surface area (Å²) in [6.07, 6.45) is 0.689. The van der Waals surface area contributed by atoms with Crippen LogP contribution in [0.25, 0.3) is 0 Å². The summed E-state index contributed by atoms with van der Waals surface area (Å²) in [5, 5.41) is 5.76. The minimum Gasteiger partial charge on any atom is -0.375 e. The highest BCUT2D eigenvalue weighted by Gasteiger charge is 2.38. The first kappa shape index (κ1) is 21.3. The van der Waals surface area contributed by atoms with Crippen molar-refractivity contribution in [2.75, 3.05) is 38.4 Å². The number of morpholine rings is 1. The monoisotopic (exact) mass is 403 g/mol. The fourth-order valence-electron chi connectivity index (χ4n) is 4.01. The van der Waals surface area contributed by atoms with Gasteiger partial charge < -0.3 is 25.0 Å². The van der Waals surface area contributed by atoms with Crippen molar-refractivity contribution >= 4 is 23.4 Å². The zero-order chi connectivity index (χ0) is 21.0. The van der Waals surface area contributed by atoms with Gasteiger partial charge in [-0.3, -0.25) is 14.4 Å². The molecule has 1 aromatic rings. The molecule has 2 aliphatic rings. The van der Waals surface area contributed by atoms with Crippen LogP contribution in [0.2, 0.25) is 0 Å². The average Bonchev–Trinajstić information content (AvgIpc) is 3.04. The van der Waals surface area contributed by atoms with Gasteiger partial charge in [0.05, 0.1) is 12.6 Å². The molecule has 0 radical (unpaired) electrons. The van der Waals surface area contributed by atoms with E-state index < -0.39 is 6.04 Å². The Bertz CT molecular complexity index is 766. The van der Waals surface area contributed by atoms with Crippen molar-refractivity contribution in [1.82, 2.24) is 10.6 Å². The Morgan fingerprint density at radius 1 is 1.34 bits per heavy atom. The minimum absolute atomic E-state index is 0.0689. The first-order valence-corrected chi connectivity index (χ1v) is 9.96. The number of methoxy groups -OCH3 is 1. The van der Waals surface area contributed by atoms with Crippen molar-refractivity contribution in [3.05, 3.63) is 29.8 Å². The van der Waals surface area contributed by atoms with Gasteiger partial charge in [-0.2, -0.15) is 0 Å². The molecule has 0 saturated carbocycles. The number of rotatable bonds is 7. The van der Waals surface area contributed by atoms with E-state index in [-0.39, 0.29) is 48.8 Å². The van der Waals surface area contributed by atoms with Crippen molar-refractivity contribution in [2.45, 2.75) is 38.3 Å². The molecule has 3 atom stereocenters. The van der Waals surface area contributed by atoms with Crippen LogP contribution in [0.3, 0.4) is 0 Å². The average molecular weight is 403 g/mol. The number of carbonyl (C=O) groups is 3. The molecule has 8 nitrogen and oxygen atoms in total. The van der Waals surface area contributed by atoms with Crippen LogP contribution in [0.15, 0.2) is 24.3 Å². The number of amides is 3. The molecule has 158 valence electrons. The quantitative estimate of drug-likeness (QED) is 0.702. The van der Waals surface area contributed by atoms with Gasteiger partial charge in [-0.1, -0.05) is 32.0 Å². The molecule has 8 heteroatoms. The van der Waals surface area contributed by atoms with Gasteiger partial charge >= 0.3 is 0 Å². The maximum absolute atomic E-state index is 13.4. The van der Waals surface area contributed by atoms with E-state index in [9.17, 15) is 14.4 Å². The number of hydrogen-bond acceptors (Lipinski definition) is 5. The van der Waals surface area contributed by atoms with E-state index in [1.165, 1.54) is 7.11 Å². The lowest BCUT2D eigenvalue weighted by atomic mass is 9.94. The van der Waals surface area contributed by atoms with Crippen LogP contribution in [0.4, 0.5) is 5.69 Å². The summed E-state index contributed by atoms with van der Waals surface area (Å²) in [7, 11) is 1.45. The van der Waals surface area contributed by atoms with Gasteiger partial charge in [-0.25, -0.2) is 0 Å². The van der Waals surface area contributed by atoms with Gasteiger partial charge in [-0.05, 0) is 24.0 Å². The summed E-state index contributed by atoms with van der Waals surface area (Å²) in [4.78, 5) is 38.8. The molecule has 0 spiro atoms. The molecule has 1 saturated heterocycles. The molecule has 2 unspecified atom stereocenters.